The SMILES string of the molecule is CC1(c2ccccc2)c2ccccc2-c2cc3c4ccccc4n(-c4ccc(C5N=C(c6ccccc6)[N-]C(c6ccccc6)N5)[nH]4)c3cc21. The molecule has 0 saturated heterocycles. The second-order valence-corrected chi connectivity index (χ2v) is 13.4. The summed E-state index contributed by atoms with van der Waals surface area (Å²) in [4.78, 5) is 8.94. The molecule has 2 aromatic heterocycles. The lowest BCUT2D eigenvalue weighted by Crippen LogP contribution is -2.32. The molecule has 0 saturated carbocycles. The van der Waals surface area contributed by atoms with Crippen molar-refractivity contribution in [1.82, 2.24) is 14.9 Å². The largest absolute Gasteiger partial charge is 0.445 e. The summed E-state index contributed by atoms with van der Waals surface area (Å²) >= 11 is 0. The maximum absolute atomic E-state index is 5.14. The quantitative estimate of drug-likeness (QED) is 0.192. The highest BCUT2D eigenvalue weighted by Crippen LogP contribution is 2.54. The normalized spacial score (nSPS) is 19.6. The number of benzene rings is 6. The number of rotatable bonds is 5. The Bertz CT molecular complexity index is 2560. The predicted molar refractivity (Wildman–Crippen MR) is 204 cm³/mol. The van der Waals surface area contributed by atoms with Crippen LogP contribution in [0.1, 0.15) is 52.8 Å². The van der Waals surface area contributed by atoms with Gasteiger partial charge in [-0.15, -0.1) is 0 Å². The van der Waals surface area contributed by atoms with Gasteiger partial charge in [0.1, 0.15) is 5.82 Å². The van der Waals surface area contributed by atoms with Crippen molar-refractivity contribution in [2.75, 3.05) is 0 Å². The Morgan fingerprint density at radius 2 is 1.32 bits per heavy atom. The Hall–Kier alpha value is -6.17. The number of hydrogen-bond acceptors (Lipinski definition) is 2. The summed E-state index contributed by atoms with van der Waals surface area (Å²) in [6.07, 6.45) is -0.538. The molecule has 3 heterocycles. The molecule has 50 heavy (non-hydrogen) atoms. The molecule has 10 rings (SSSR count). The molecule has 2 aliphatic rings. The predicted octanol–water partition coefficient (Wildman–Crippen LogP) is 10.6. The maximum atomic E-state index is 5.14. The van der Waals surface area contributed by atoms with Gasteiger partial charge in [0.05, 0.1) is 17.2 Å². The van der Waals surface area contributed by atoms with Crippen LogP contribution in [0, 0.1) is 0 Å². The third-order valence-electron chi connectivity index (χ3n) is 10.7. The fourth-order valence-corrected chi connectivity index (χ4v) is 8.19. The van der Waals surface area contributed by atoms with Gasteiger partial charge in [0.2, 0.25) is 0 Å². The summed E-state index contributed by atoms with van der Waals surface area (Å²) in [5.41, 5.74) is 11.7. The molecule has 0 bridgehead atoms. The van der Waals surface area contributed by atoms with E-state index in [-0.39, 0.29) is 17.7 Å². The third kappa shape index (κ3) is 4.34. The molecule has 3 atom stereocenters. The van der Waals surface area contributed by atoms with Crippen LogP contribution in [-0.2, 0) is 5.41 Å². The number of hydrogen-bond donors (Lipinski definition) is 2. The van der Waals surface area contributed by atoms with Crippen LogP contribution in [-0.4, -0.2) is 15.4 Å². The van der Waals surface area contributed by atoms with Gasteiger partial charge in [0.25, 0.3) is 0 Å². The van der Waals surface area contributed by atoms with Crippen molar-refractivity contribution in [1.29, 1.82) is 0 Å². The average molecular weight is 645 g/mol. The first kappa shape index (κ1) is 28.8. The number of aromatic nitrogens is 2. The molecule has 240 valence electrons. The lowest BCUT2D eigenvalue weighted by atomic mass is 9.74. The van der Waals surface area contributed by atoms with Crippen LogP contribution >= 0.6 is 0 Å². The Labute approximate surface area is 291 Å². The summed E-state index contributed by atoms with van der Waals surface area (Å²) in [7, 11) is 0. The van der Waals surface area contributed by atoms with E-state index in [4.69, 9.17) is 10.3 Å². The number of aliphatic imine (C=N–C) groups is 1. The van der Waals surface area contributed by atoms with Gasteiger partial charge in [-0.3, -0.25) is 4.57 Å². The zero-order chi connectivity index (χ0) is 33.2. The zero-order valence-electron chi connectivity index (χ0n) is 27.6. The number of nitrogens with zero attached hydrogens (tertiary/aromatic N) is 3. The summed E-state index contributed by atoms with van der Waals surface area (Å²) in [6, 6.07) is 58.4. The van der Waals surface area contributed by atoms with E-state index in [2.05, 4.69) is 161 Å². The number of fused-ring (bicyclic) bond motifs is 6. The molecule has 0 fully saturated rings. The first-order valence-electron chi connectivity index (χ1n) is 17.2. The monoisotopic (exact) mass is 644 g/mol. The van der Waals surface area contributed by atoms with E-state index in [1.165, 1.54) is 44.1 Å². The van der Waals surface area contributed by atoms with Crippen LogP contribution in [0.2, 0.25) is 0 Å². The molecule has 5 nitrogen and oxygen atoms in total. The third-order valence-corrected chi connectivity index (χ3v) is 10.7. The van der Waals surface area contributed by atoms with E-state index < -0.39 is 0 Å². The average Bonchev–Trinajstić information content (AvgIpc) is 3.87. The van der Waals surface area contributed by atoms with E-state index in [0.717, 1.165) is 34.0 Å². The van der Waals surface area contributed by atoms with E-state index in [9.17, 15) is 0 Å². The molecule has 8 aromatic rings. The van der Waals surface area contributed by atoms with Gasteiger partial charge in [-0.1, -0.05) is 139 Å². The first-order valence-corrected chi connectivity index (χ1v) is 17.2. The molecule has 0 amide bonds. The van der Waals surface area contributed by atoms with Crippen molar-refractivity contribution in [3.8, 4) is 16.9 Å². The number of amidine groups is 1. The van der Waals surface area contributed by atoms with Gasteiger partial charge >= 0.3 is 0 Å². The van der Waals surface area contributed by atoms with E-state index in [1.807, 2.05) is 24.3 Å². The minimum atomic E-state index is -0.310. The molecule has 0 spiro atoms. The van der Waals surface area contributed by atoms with Gasteiger partial charge < -0.3 is 20.6 Å². The van der Waals surface area contributed by atoms with Crippen LogP contribution in [0.25, 0.3) is 44.1 Å². The molecule has 3 unspecified atom stereocenters. The highest BCUT2D eigenvalue weighted by atomic mass is 15.3. The molecule has 2 N–H and O–H groups in total. The lowest BCUT2D eigenvalue weighted by Gasteiger charge is -2.40. The van der Waals surface area contributed by atoms with E-state index in [0.29, 0.717) is 0 Å². The standard InChI is InChI=1S/C45H34N5/c1-45(31-19-9-4-10-20-31)36-23-13-11-21-32(36)34-27-35-33-22-12-14-24-39(33)50(40(35)28-37(34)45)41-26-25-38(46-41)44-48-42(29-15-5-2-6-16-29)47-43(49-44)30-17-7-3-8-18-30/h2-28,42,44,46,48H,1H3/q-1. The van der Waals surface area contributed by atoms with Crippen molar-refractivity contribution in [2.45, 2.75) is 24.7 Å². The van der Waals surface area contributed by atoms with Gasteiger partial charge in [-0.2, -0.15) is 0 Å². The van der Waals surface area contributed by atoms with Crippen molar-refractivity contribution in [2.24, 2.45) is 4.99 Å². The molecular formula is C45H34N5-. The summed E-state index contributed by atoms with van der Waals surface area (Å²) in [5, 5.41) is 11.2. The maximum Gasteiger partial charge on any atom is 0.115 e. The lowest BCUT2D eigenvalue weighted by molar-refractivity contribution is 0.480. The fourth-order valence-electron chi connectivity index (χ4n) is 8.19. The Morgan fingerprint density at radius 1 is 0.620 bits per heavy atom. The van der Waals surface area contributed by atoms with Crippen molar-refractivity contribution in [3.63, 3.8) is 0 Å². The van der Waals surface area contributed by atoms with Gasteiger partial charge in [0, 0.05) is 28.0 Å². The zero-order valence-corrected chi connectivity index (χ0v) is 27.6. The van der Waals surface area contributed by atoms with Crippen LogP contribution < -0.4 is 5.32 Å². The van der Waals surface area contributed by atoms with Crippen molar-refractivity contribution in [3.05, 3.63) is 203 Å². The Kier molecular flexibility index (Phi) is 6.45. The number of nitrogens with one attached hydrogen (secondary N) is 2. The summed E-state index contributed by atoms with van der Waals surface area (Å²) in [5.74, 6) is 1.74. The van der Waals surface area contributed by atoms with Gasteiger partial charge in [0.15, 0.2) is 0 Å². The fraction of sp³-hybridized carbons (Fsp3) is 0.0889. The topological polar surface area (TPSA) is 59.2 Å². The minimum Gasteiger partial charge on any atom is -0.445 e. The molecule has 5 heteroatoms. The smallest absolute Gasteiger partial charge is 0.115 e. The summed E-state index contributed by atoms with van der Waals surface area (Å²) in [6.45, 7) is 2.38. The number of para-hydroxylation sites is 1. The van der Waals surface area contributed by atoms with Crippen LogP contribution in [0.5, 0.6) is 0 Å². The second kappa shape index (κ2) is 11.2. The van der Waals surface area contributed by atoms with Crippen molar-refractivity contribution >= 4 is 27.6 Å². The highest BCUT2D eigenvalue weighted by Gasteiger charge is 2.41. The van der Waals surface area contributed by atoms with Crippen LogP contribution in [0.15, 0.2) is 169 Å². The van der Waals surface area contributed by atoms with Crippen LogP contribution in [0.3, 0.4) is 0 Å². The first-order chi connectivity index (χ1) is 24.7. The second-order valence-electron chi connectivity index (χ2n) is 13.4. The minimum absolute atomic E-state index is 0.228. The van der Waals surface area contributed by atoms with Gasteiger partial charge in [-0.25, -0.2) is 0 Å². The number of aromatic amines is 1. The summed E-state index contributed by atoms with van der Waals surface area (Å²) < 4.78 is 2.38. The van der Waals surface area contributed by atoms with Crippen LogP contribution in [0.4, 0.5) is 0 Å². The molecule has 1 aliphatic heterocycles. The van der Waals surface area contributed by atoms with E-state index >= 15 is 0 Å². The Morgan fingerprint density at radius 3 is 2.14 bits per heavy atom. The molecule has 0 radical (unpaired) electrons. The highest BCUT2D eigenvalue weighted by molar-refractivity contribution is 6.12. The Balaban J connectivity index is 1.14. The van der Waals surface area contributed by atoms with Gasteiger partial charge in [-0.05, 0) is 76.2 Å². The van der Waals surface area contributed by atoms with Crippen molar-refractivity contribution < 1.29 is 0 Å². The molecule has 6 aromatic carbocycles. The molecule has 1 aliphatic carbocycles. The number of H-pyrrole nitrogens is 1. The molecular weight excluding hydrogens is 611 g/mol. The van der Waals surface area contributed by atoms with E-state index in [1.54, 1.807) is 0 Å².